The van der Waals surface area contributed by atoms with Crippen LogP contribution in [0.2, 0.25) is 0 Å². The first kappa shape index (κ1) is 23.7. The number of nitrogens with zero attached hydrogens (tertiary/aromatic N) is 3. The molecule has 0 radical (unpaired) electrons. The molecule has 7 nitrogen and oxygen atoms in total. The van der Waals surface area contributed by atoms with Crippen molar-refractivity contribution in [3.8, 4) is 11.4 Å². The summed E-state index contributed by atoms with van der Waals surface area (Å²) >= 11 is 0. The minimum atomic E-state index is -4.67. The van der Waals surface area contributed by atoms with Crippen molar-refractivity contribution < 1.29 is 31.5 Å². The van der Waals surface area contributed by atoms with Gasteiger partial charge in [-0.3, -0.25) is 14.6 Å². The first-order valence-corrected chi connectivity index (χ1v) is 9.44. The molecule has 33 heavy (non-hydrogen) atoms. The third-order valence-corrected chi connectivity index (χ3v) is 4.41. The number of hydrogen-bond acceptors (Lipinski definition) is 6. The first-order valence-electron chi connectivity index (χ1n) is 9.44. The molecule has 0 saturated heterocycles. The van der Waals surface area contributed by atoms with Gasteiger partial charge in [0.1, 0.15) is 23.1 Å². The number of hydrogen-bond donors (Lipinski definition) is 2. The zero-order chi connectivity index (χ0) is 24.2. The second kappa shape index (κ2) is 9.67. The highest BCUT2D eigenvalue weighted by molar-refractivity contribution is 5.97. The SMILES string of the molecule is NC(=O)CCC(=O)c1cc(NCc2ccc(F)cc2F)nc(-c2cncc(C(F)(F)F)c2)n1. The van der Waals surface area contributed by atoms with E-state index in [-0.39, 0.29) is 47.8 Å². The Morgan fingerprint density at radius 2 is 1.76 bits per heavy atom. The third-order valence-electron chi connectivity index (χ3n) is 4.41. The topological polar surface area (TPSA) is 111 Å². The van der Waals surface area contributed by atoms with Crippen molar-refractivity contribution in [3.63, 3.8) is 0 Å². The van der Waals surface area contributed by atoms with Gasteiger partial charge in [-0.05, 0) is 12.1 Å². The number of amides is 1. The summed E-state index contributed by atoms with van der Waals surface area (Å²) in [5, 5.41) is 2.74. The molecule has 1 aromatic carbocycles. The Kier molecular flexibility index (Phi) is 6.95. The van der Waals surface area contributed by atoms with Gasteiger partial charge in [0.05, 0.1) is 5.56 Å². The maximum atomic E-state index is 13.9. The van der Waals surface area contributed by atoms with Gasteiger partial charge >= 0.3 is 6.18 Å². The molecular formula is C21H16F5N5O2. The number of pyridine rings is 1. The van der Waals surface area contributed by atoms with E-state index in [1.54, 1.807) is 0 Å². The van der Waals surface area contributed by atoms with E-state index in [9.17, 15) is 31.5 Å². The van der Waals surface area contributed by atoms with Crippen molar-refractivity contribution in [3.05, 3.63) is 71.2 Å². The summed E-state index contributed by atoms with van der Waals surface area (Å²) in [6.45, 7) is -0.168. The van der Waals surface area contributed by atoms with E-state index in [2.05, 4.69) is 20.3 Å². The zero-order valence-corrected chi connectivity index (χ0v) is 16.8. The fourth-order valence-electron chi connectivity index (χ4n) is 2.74. The van der Waals surface area contributed by atoms with Crippen molar-refractivity contribution in [2.45, 2.75) is 25.6 Å². The van der Waals surface area contributed by atoms with Crippen LogP contribution in [0.5, 0.6) is 0 Å². The zero-order valence-electron chi connectivity index (χ0n) is 16.8. The molecule has 3 N–H and O–H groups in total. The molecule has 0 bridgehead atoms. The van der Waals surface area contributed by atoms with E-state index >= 15 is 0 Å². The molecule has 2 heterocycles. The molecule has 0 aliphatic rings. The number of benzene rings is 1. The Morgan fingerprint density at radius 1 is 1.00 bits per heavy atom. The second-order valence-corrected chi connectivity index (χ2v) is 6.90. The number of halogens is 5. The minimum absolute atomic E-state index is 0.0106. The lowest BCUT2D eigenvalue weighted by Gasteiger charge is -2.12. The van der Waals surface area contributed by atoms with Crippen LogP contribution in [0, 0.1) is 11.6 Å². The van der Waals surface area contributed by atoms with E-state index < -0.39 is 35.1 Å². The number of anilines is 1. The minimum Gasteiger partial charge on any atom is -0.370 e. The lowest BCUT2D eigenvalue weighted by atomic mass is 10.1. The normalized spacial score (nSPS) is 11.3. The molecule has 0 aliphatic carbocycles. The molecule has 3 aromatic rings. The van der Waals surface area contributed by atoms with Crippen LogP contribution in [0.25, 0.3) is 11.4 Å². The Hall–Kier alpha value is -3.96. The second-order valence-electron chi connectivity index (χ2n) is 6.90. The summed E-state index contributed by atoms with van der Waals surface area (Å²) in [5.74, 6) is -3.17. The van der Waals surface area contributed by atoms with Crippen LogP contribution in [0.15, 0.2) is 42.7 Å². The number of alkyl halides is 3. The van der Waals surface area contributed by atoms with Crippen LogP contribution in [0.1, 0.15) is 34.5 Å². The van der Waals surface area contributed by atoms with E-state index in [0.29, 0.717) is 12.3 Å². The summed E-state index contributed by atoms with van der Waals surface area (Å²) in [7, 11) is 0. The fourth-order valence-corrected chi connectivity index (χ4v) is 2.74. The van der Waals surface area contributed by atoms with Gasteiger partial charge in [-0.15, -0.1) is 0 Å². The first-order chi connectivity index (χ1) is 15.5. The maximum absolute atomic E-state index is 13.9. The van der Waals surface area contributed by atoms with E-state index in [0.717, 1.165) is 18.3 Å². The standard InChI is InChI=1S/C21H16F5N5O2/c22-14-2-1-11(15(23)6-14)9-29-19-7-16(17(32)3-4-18(27)33)30-20(31-19)12-5-13(10-28-8-12)21(24,25)26/h1-2,5-8,10H,3-4,9H2,(H2,27,33)(H,29,30,31). The average Bonchev–Trinajstić information content (AvgIpc) is 2.76. The summed E-state index contributed by atoms with van der Waals surface area (Å²) in [6.07, 6.45) is -3.49. The molecule has 2 aromatic heterocycles. The van der Waals surface area contributed by atoms with Crippen molar-refractivity contribution >= 4 is 17.5 Å². The van der Waals surface area contributed by atoms with E-state index in [1.165, 1.54) is 12.1 Å². The Morgan fingerprint density at radius 3 is 2.42 bits per heavy atom. The van der Waals surface area contributed by atoms with Crippen LogP contribution < -0.4 is 11.1 Å². The van der Waals surface area contributed by atoms with Gasteiger partial charge < -0.3 is 11.1 Å². The summed E-state index contributed by atoms with van der Waals surface area (Å²) in [4.78, 5) is 35.1. The summed E-state index contributed by atoms with van der Waals surface area (Å²) < 4.78 is 66.2. The van der Waals surface area contributed by atoms with Gasteiger partial charge in [-0.2, -0.15) is 13.2 Å². The number of ketones is 1. The number of nitrogens with two attached hydrogens (primary N) is 1. The van der Waals surface area contributed by atoms with Crippen molar-refractivity contribution in [1.82, 2.24) is 15.0 Å². The number of Topliss-reactive ketones (excluding diaryl/α,β-unsaturated/α-hetero) is 1. The molecule has 12 heteroatoms. The monoisotopic (exact) mass is 465 g/mol. The number of carbonyl (C=O) groups excluding carboxylic acids is 2. The van der Waals surface area contributed by atoms with Crippen molar-refractivity contribution in [2.24, 2.45) is 5.73 Å². The van der Waals surface area contributed by atoms with Crippen LogP contribution in [-0.2, 0) is 17.5 Å². The van der Waals surface area contributed by atoms with Gasteiger partial charge in [-0.25, -0.2) is 18.7 Å². The average molecular weight is 465 g/mol. The maximum Gasteiger partial charge on any atom is 0.417 e. The number of primary amides is 1. The molecule has 0 aliphatic heterocycles. The van der Waals surface area contributed by atoms with Gasteiger partial charge in [0, 0.05) is 55.0 Å². The molecule has 1 amide bonds. The third kappa shape index (κ3) is 6.28. The highest BCUT2D eigenvalue weighted by atomic mass is 19.4. The number of rotatable bonds is 8. The van der Waals surface area contributed by atoms with Crippen LogP contribution in [-0.4, -0.2) is 26.6 Å². The van der Waals surface area contributed by atoms with Crippen LogP contribution >= 0.6 is 0 Å². The highest BCUT2D eigenvalue weighted by Crippen LogP contribution is 2.31. The number of aromatic nitrogens is 3. The Labute approximate surface area is 183 Å². The molecule has 172 valence electrons. The van der Waals surface area contributed by atoms with Gasteiger partial charge in [-0.1, -0.05) is 6.07 Å². The van der Waals surface area contributed by atoms with Crippen LogP contribution in [0.3, 0.4) is 0 Å². The fraction of sp³-hybridized carbons (Fsp3) is 0.190. The number of carbonyl (C=O) groups is 2. The highest BCUT2D eigenvalue weighted by Gasteiger charge is 2.31. The lowest BCUT2D eigenvalue weighted by Crippen LogP contribution is -2.14. The predicted octanol–water partition coefficient (Wildman–Crippen LogP) is 3.90. The molecule has 0 spiro atoms. The largest absolute Gasteiger partial charge is 0.417 e. The van der Waals surface area contributed by atoms with Crippen LogP contribution in [0.4, 0.5) is 27.8 Å². The molecular weight excluding hydrogens is 449 g/mol. The Bertz CT molecular complexity index is 1200. The molecule has 0 saturated carbocycles. The van der Waals surface area contributed by atoms with Gasteiger partial charge in [0.25, 0.3) is 0 Å². The smallest absolute Gasteiger partial charge is 0.370 e. The predicted molar refractivity (Wildman–Crippen MR) is 107 cm³/mol. The van der Waals surface area contributed by atoms with Gasteiger partial charge in [0.2, 0.25) is 5.91 Å². The number of nitrogens with one attached hydrogen (secondary N) is 1. The lowest BCUT2D eigenvalue weighted by molar-refractivity contribution is -0.137. The van der Waals surface area contributed by atoms with E-state index in [1.807, 2.05) is 0 Å². The Balaban J connectivity index is 1.97. The summed E-state index contributed by atoms with van der Waals surface area (Å²) in [5.41, 5.74) is 3.77. The van der Waals surface area contributed by atoms with Crippen molar-refractivity contribution in [2.75, 3.05) is 5.32 Å². The quantitative estimate of drug-likeness (QED) is 0.386. The van der Waals surface area contributed by atoms with Gasteiger partial charge in [0.15, 0.2) is 11.6 Å². The molecule has 0 fully saturated rings. The molecule has 0 atom stereocenters. The summed E-state index contributed by atoms with van der Waals surface area (Å²) in [6, 6.07) is 4.92. The van der Waals surface area contributed by atoms with E-state index in [4.69, 9.17) is 5.73 Å². The van der Waals surface area contributed by atoms with Crippen molar-refractivity contribution in [1.29, 1.82) is 0 Å². The molecule has 3 rings (SSSR count). The molecule has 0 unspecified atom stereocenters.